The highest BCUT2D eigenvalue weighted by Crippen LogP contribution is 2.30. The summed E-state index contributed by atoms with van der Waals surface area (Å²) in [6, 6.07) is 14.4. The van der Waals surface area contributed by atoms with Crippen molar-refractivity contribution in [1.82, 2.24) is 19.5 Å². The number of benzene rings is 1. The summed E-state index contributed by atoms with van der Waals surface area (Å²) >= 11 is 0. The topological polar surface area (TPSA) is 119 Å². The second-order valence-corrected chi connectivity index (χ2v) is 7.95. The van der Waals surface area contributed by atoms with Crippen LogP contribution in [0.2, 0.25) is 0 Å². The van der Waals surface area contributed by atoms with Gasteiger partial charge in [0.25, 0.3) is 0 Å². The maximum atomic E-state index is 12.6. The van der Waals surface area contributed by atoms with Crippen molar-refractivity contribution in [1.29, 1.82) is 5.26 Å². The summed E-state index contributed by atoms with van der Waals surface area (Å²) in [5.41, 5.74) is 1.87. The molecule has 1 aliphatic heterocycles. The van der Waals surface area contributed by atoms with Gasteiger partial charge >= 0.3 is 6.03 Å². The number of hydrogen-bond acceptors (Lipinski definition) is 6. The van der Waals surface area contributed by atoms with Crippen molar-refractivity contribution in [2.24, 2.45) is 5.92 Å². The van der Waals surface area contributed by atoms with Gasteiger partial charge in [0.1, 0.15) is 5.82 Å². The first kappa shape index (κ1) is 19.8. The molecule has 32 heavy (non-hydrogen) atoms. The summed E-state index contributed by atoms with van der Waals surface area (Å²) in [6.07, 6.45) is 1.85. The number of nitrogens with one attached hydrogen (secondary N) is 2. The zero-order valence-electron chi connectivity index (χ0n) is 17.4. The highest BCUT2D eigenvalue weighted by molar-refractivity contribution is 5.92. The van der Waals surface area contributed by atoms with Gasteiger partial charge in [0, 0.05) is 37.8 Å². The van der Waals surface area contributed by atoms with Crippen LogP contribution in [0.3, 0.4) is 0 Å². The minimum Gasteiger partial charge on any atom is -0.353 e. The molecular formula is C22H22N8O2. The lowest BCUT2D eigenvalue weighted by Crippen LogP contribution is -2.50. The molecule has 3 aromatic rings. The number of nitrogens with zero attached hydrogens (tertiary/aromatic N) is 6. The zero-order chi connectivity index (χ0) is 22.1. The highest BCUT2D eigenvalue weighted by atomic mass is 16.2. The standard InChI is InChI=1S/C22H22N8O2/c23-14-15-4-8-17(9-5-15)24-22(32)29-12-10-28(11-13-29)19-3-1-2-18-25-21(27-30(18)19)26-20(31)16-6-7-16/h1-5,8-9,16H,6-7,10-13H2,(H,24,32)(H,26,27,31). The van der Waals surface area contributed by atoms with Crippen LogP contribution in [0, 0.1) is 17.2 Å². The Kier molecular flexibility index (Phi) is 5.07. The number of nitriles is 1. The molecule has 0 radical (unpaired) electrons. The molecule has 10 heteroatoms. The van der Waals surface area contributed by atoms with E-state index in [-0.39, 0.29) is 17.9 Å². The van der Waals surface area contributed by atoms with Crippen molar-refractivity contribution in [3.63, 3.8) is 0 Å². The lowest BCUT2D eigenvalue weighted by molar-refractivity contribution is -0.117. The lowest BCUT2D eigenvalue weighted by Gasteiger charge is -2.35. The molecule has 1 saturated heterocycles. The number of pyridine rings is 1. The summed E-state index contributed by atoms with van der Waals surface area (Å²) in [6.45, 7) is 2.39. The van der Waals surface area contributed by atoms with Crippen molar-refractivity contribution in [2.45, 2.75) is 12.8 Å². The fourth-order valence-electron chi connectivity index (χ4n) is 3.71. The van der Waals surface area contributed by atoms with Crippen molar-refractivity contribution in [3.05, 3.63) is 48.0 Å². The molecule has 10 nitrogen and oxygen atoms in total. The van der Waals surface area contributed by atoms with Crippen molar-refractivity contribution in [2.75, 3.05) is 41.7 Å². The van der Waals surface area contributed by atoms with E-state index in [9.17, 15) is 9.59 Å². The molecule has 1 aromatic carbocycles. The van der Waals surface area contributed by atoms with Crippen LogP contribution < -0.4 is 15.5 Å². The smallest absolute Gasteiger partial charge is 0.321 e. The molecule has 2 aromatic heterocycles. The SMILES string of the molecule is N#Cc1ccc(NC(=O)N2CCN(c3cccc4nc(NC(=O)C5CC5)nn34)CC2)cc1. The number of piperazine rings is 1. The Morgan fingerprint density at radius 1 is 1.00 bits per heavy atom. The molecule has 3 amide bonds. The van der Waals surface area contributed by atoms with Crippen molar-refractivity contribution in [3.8, 4) is 6.07 Å². The fraction of sp³-hybridized carbons (Fsp3) is 0.318. The first-order valence-electron chi connectivity index (χ1n) is 10.6. The second-order valence-electron chi connectivity index (χ2n) is 7.95. The average molecular weight is 430 g/mol. The summed E-state index contributed by atoms with van der Waals surface area (Å²) in [5.74, 6) is 1.25. The normalized spacial score (nSPS) is 16.0. The molecule has 2 N–H and O–H groups in total. The molecule has 1 aliphatic carbocycles. The predicted octanol–water partition coefficient (Wildman–Crippen LogP) is 2.30. The Morgan fingerprint density at radius 3 is 2.44 bits per heavy atom. The summed E-state index contributed by atoms with van der Waals surface area (Å²) in [4.78, 5) is 33.0. The molecule has 5 rings (SSSR count). The largest absolute Gasteiger partial charge is 0.353 e. The highest BCUT2D eigenvalue weighted by Gasteiger charge is 2.30. The third-order valence-corrected chi connectivity index (χ3v) is 5.68. The minimum atomic E-state index is -0.168. The predicted molar refractivity (Wildman–Crippen MR) is 118 cm³/mol. The molecule has 0 unspecified atom stereocenters. The number of hydrogen-bond donors (Lipinski definition) is 2. The van der Waals surface area contributed by atoms with E-state index in [4.69, 9.17) is 5.26 Å². The quantitative estimate of drug-likeness (QED) is 0.656. The van der Waals surface area contributed by atoms with Crippen LogP contribution in [0.25, 0.3) is 5.65 Å². The van der Waals surface area contributed by atoms with Gasteiger partial charge in [0.15, 0.2) is 5.65 Å². The Morgan fingerprint density at radius 2 is 1.75 bits per heavy atom. The van der Waals surface area contributed by atoms with E-state index in [1.165, 1.54) is 0 Å². The monoisotopic (exact) mass is 430 g/mol. The van der Waals surface area contributed by atoms with Gasteiger partial charge < -0.3 is 15.1 Å². The van der Waals surface area contributed by atoms with Gasteiger partial charge in [-0.3, -0.25) is 10.1 Å². The molecule has 3 heterocycles. The van der Waals surface area contributed by atoms with Crippen molar-refractivity contribution >= 4 is 35.0 Å². The third-order valence-electron chi connectivity index (χ3n) is 5.68. The van der Waals surface area contributed by atoms with Gasteiger partial charge in [-0.25, -0.2) is 4.79 Å². The fourth-order valence-corrected chi connectivity index (χ4v) is 3.71. The number of anilines is 3. The van der Waals surface area contributed by atoms with Gasteiger partial charge in [-0.05, 0) is 49.2 Å². The van der Waals surface area contributed by atoms with Gasteiger partial charge in [-0.2, -0.15) is 14.8 Å². The van der Waals surface area contributed by atoms with Crippen LogP contribution in [0.1, 0.15) is 18.4 Å². The number of fused-ring (bicyclic) bond motifs is 1. The lowest BCUT2D eigenvalue weighted by atomic mass is 10.2. The van der Waals surface area contributed by atoms with E-state index in [2.05, 4.69) is 31.7 Å². The van der Waals surface area contributed by atoms with E-state index >= 15 is 0 Å². The molecule has 1 saturated carbocycles. The number of urea groups is 1. The van der Waals surface area contributed by atoms with E-state index in [0.717, 1.165) is 18.7 Å². The van der Waals surface area contributed by atoms with Crippen LogP contribution in [0.15, 0.2) is 42.5 Å². The number of rotatable bonds is 4. The number of amides is 3. The Labute approximate surface area is 184 Å². The summed E-state index contributed by atoms with van der Waals surface area (Å²) in [5, 5.41) is 19.0. The summed E-state index contributed by atoms with van der Waals surface area (Å²) in [7, 11) is 0. The van der Waals surface area contributed by atoms with Crippen LogP contribution >= 0.6 is 0 Å². The molecular weight excluding hydrogens is 408 g/mol. The molecule has 2 aliphatic rings. The number of aromatic nitrogens is 3. The van der Waals surface area contributed by atoms with Crippen molar-refractivity contribution < 1.29 is 9.59 Å². The maximum Gasteiger partial charge on any atom is 0.321 e. The minimum absolute atomic E-state index is 0.0238. The molecule has 2 fully saturated rings. The first-order chi connectivity index (χ1) is 15.6. The van der Waals surface area contributed by atoms with Crippen LogP contribution in [0.4, 0.5) is 22.2 Å². The third kappa shape index (κ3) is 4.05. The zero-order valence-corrected chi connectivity index (χ0v) is 17.4. The molecule has 162 valence electrons. The molecule has 0 bridgehead atoms. The van der Waals surface area contributed by atoms with E-state index < -0.39 is 0 Å². The van der Waals surface area contributed by atoms with Gasteiger partial charge in [-0.15, -0.1) is 5.10 Å². The van der Waals surface area contributed by atoms with Gasteiger partial charge in [0.05, 0.1) is 11.6 Å². The van der Waals surface area contributed by atoms with E-state index in [1.807, 2.05) is 18.2 Å². The van der Waals surface area contributed by atoms with E-state index in [1.54, 1.807) is 33.7 Å². The molecule has 0 spiro atoms. The molecule has 0 atom stereocenters. The Hall–Kier alpha value is -4.13. The van der Waals surface area contributed by atoms with Crippen LogP contribution in [-0.2, 0) is 4.79 Å². The van der Waals surface area contributed by atoms with Crippen LogP contribution in [-0.4, -0.2) is 57.6 Å². The average Bonchev–Trinajstić information content (AvgIpc) is 3.59. The maximum absolute atomic E-state index is 12.6. The Balaban J connectivity index is 1.23. The number of carbonyl (C=O) groups is 2. The second kappa shape index (κ2) is 8.19. The summed E-state index contributed by atoms with van der Waals surface area (Å²) < 4.78 is 1.73. The van der Waals surface area contributed by atoms with Gasteiger partial charge in [0.2, 0.25) is 11.9 Å². The number of carbonyl (C=O) groups excluding carboxylic acids is 2. The van der Waals surface area contributed by atoms with Gasteiger partial charge in [-0.1, -0.05) is 6.07 Å². The van der Waals surface area contributed by atoms with E-state index in [0.29, 0.717) is 49.0 Å². The first-order valence-corrected chi connectivity index (χ1v) is 10.6. The Bertz CT molecular complexity index is 1200. The van der Waals surface area contributed by atoms with Crippen LogP contribution in [0.5, 0.6) is 0 Å².